The summed E-state index contributed by atoms with van der Waals surface area (Å²) in [5, 5.41) is 9.74. The molecule has 0 saturated carbocycles. The lowest BCUT2D eigenvalue weighted by molar-refractivity contribution is 0.290. The van der Waals surface area contributed by atoms with Crippen LogP contribution in [0.5, 0.6) is 0 Å². The fraction of sp³-hybridized carbons (Fsp3) is 0.214. The Hall–Kier alpha value is -1.85. The lowest BCUT2D eigenvalue weighted by Gasteiger charge is -1.98. The number of rotatable bonds is 2. The van der Waals surface area contributed by atoms with Crippen LogP contribution in [0, 0.1) is 11.8 Å². The van der Waals surface area contributed by atoms with E-state index in [1.54, 1.807) is 6.20 Å². The van der Waals surface area contributed by atoms with Gasteiger partial charge in [0.15, 0.2) is 0 Å². The molecule has 0 unspecified atom stereocenters. The van der Waals surface area contributed by atoms with Crippen molar-refractivity contribution in [3.8, 4) is 11.8 Å². The summed E-state index contributed by atoms with van der Waals surface area (Å²) in [5.74, 6) is 6.18. The first-order valence-electron chi connectivity index (χ1n) is 5.35. The van der Waals surface area contributed by atoms with Crippen LogP contribution in [0.15, 0.2) is 36.5 Å². The van der Waals surface area contributed by atoms with E-state index in [1.165, 1.54) is 0 Å². The molecule has 0 spiro atoms. The highest BCUT2D eigenvalue weighted by atomic mass is 16.2. The number of aliphatic hydroxyl groups excluding tert-OH is 1. The third kappa shape index (κ3) is 2.39. The molecule has 2 nitrogen and oxygen atoms in total. The Morgan fingerprint density at radius 3 is 3.00 bits per heavy atom. The highest BCUT2D eigenvalue weighted by molar-refractivity contribution is 5.84. The summed E-state index contributed by atoms with van der Waals surface area (Å²) in [7, 11) is 0. The normalized spacial score (nSPS) is 9.81. The van der Waals surface area contributed by atoms with E-state index in [9.17, 15) is 0 Å². The van der Waals surface area contributed by atoms with Crippen molar-refractivity contribution < 1.29 is 5.11 Å². The van der Waals surface area contributed by atoms with Gasteiger partial charge < -0.3 is 5.11 Å². The van der Waals surface area contributed by atoms with Gasteiger partial charge in [0.1, 0.15) is 0 Å². The van der Waals surface area contributed by atoms with Crippen molar-refractivity contribution in [3.63, 3.8) is 0 Å². The molecule has 1 aromatic heterocycles. The number of benzene rings is 1. The van der Waals surface area contributed by atoms with Gasteiger partial charge in [-0.1, -0.05) is 24.0 Å². The lowest BCUT2D eigenvalue weighted by Crippen LogP contribution is -1.83. The maximum absolute atomic E-state index is 8.66. The summed E-state index contributed by atoms with van der Waals surface area (Å²) < 4.78 is 0. The van der Waals surface area contributed by atoms with E-state index in [-0.39, 0.29) is 6.61 Å². The van der Waals surface area contributed by atoms with Gasteiger partial charge in [-0.05, 0) is 24.6 Å². The van der Waals surface area contributed by atoms with Crippen LogP contribution >= 0.6 is 0 Å². The quantitative estimate of drug-likeness (QED) is 0.611. The molecule has 16 heavy (non-hydrogen) atoms. The lowest BCUT2D eigenvalue weighted by atomic mass is 10.1. The zero-order valence-corrected chi connectivity index (χ0v) is 8.98. The molecule has 2 heteroatoms. The molecule has 80 valence electrons. The van der Waals surface area contributed by atoms with Crippen LogP contribution in [0.3, 0.4) is 0 Å². The van der Waals surface area contributed by atoms with Gasteiger partial charge in [-0.15, -0.1) is 0 Å². The molecule has 0 saturated heterocycles. The van der Waals surface area contributed by atoms with E-state index in [2.05, 4.69) is 16.8 Å². The molecule has 1 aromatic carbocycles. The molecule has 0 bridgehead atoms. The first-order chi connectivity index (χ1) is 7.92. The number of aliphatic hydroxyl groups is 1. The van der Waals surface area contributed by atoms with E-state index >= 15 is 0 Å². The van der Waals surface area contributed by atoms with Gasteiger partial charge in [-0.3, -0.25) is 4.98 Å². The number of pyridine rings is 1. The van der Waals surface area contributed by atoms with E-state index in [0.29, 0.717) is 0 Å². The maximum Gasteiger partial charge on any atom is 0.0714 e. The minimum Gasteiger partial charge on any atom is -0.396 e. The number of aromatic nitrogens is 1. The van der Waals surface area contributed by atoms with Crippen LogP contribution < -0.4 is 0 Å². The predicted molar refractivity (Wildman–Crippen MR) is 64.9 cm³/mol. The van der Waals surface area contributed by atoms with Crippen LogP contribution in [0.1, 0.15) is 18.4 Å². The highest BCUT2D eigenvalue weighted by Crippen LogP contribution is 2.15. The van der Waals surface area contributed by atoms with Crippen LogP contribution in [-0.2, 0) is 0 Å². The molecular formula is C14H13NO. The summed E-state index contributed by atoms with van der Waals surface area (Å²) in [4.78, 5) is 4.28. The second-order valence-corrected chi connectivity index (χ2v) is 3.50. The second kappa shape index (κ2) is 5.29. The summed E-state index contributed by atoms with van der Waals surface area (Å²) >= 11 is 0. The molecule has 2 aromatic rings. The number of fused-ring (bicyclic) bond motifs is 1. The van der Waals surface area contributed by atoms with Crippen molar-refractivity contribution >= 4 is 10.9 Å². The van der Waals surface area contributed by atoms with E-state index in [1.807, 2.05) is 30.3 Å². The Kier molecular flexibility index (Phi) is 3.53. The molecule has 0 atom stereocenters. The molecule has 0 radical (unpaired) electrons. The number of nitrogens with zero attached hydrogens (tertiary/aromatic N) is 1. The molecule has 0 amide bonds. The van der Waals surface area contributed by atoms with Crippen LogP contribution in [0.2, 0.25) is 0 Å². The topological polar surface area (TPSA) is 33.1 Å². The average Bonchev–Trinajstić information content (AvgIpc) is 2.35. The standard InChI is InChI=1S/C14H13NO/c16-11-3-1-2-6-12-7-4-9-14-13(12)8-5-10-15-14/h4-5,7-10,16H,1,3,11H2. The summed E-state index contributed by atoms with van der Waals surface area (Å²) in [5.41, 5.74) is 1.97. The zero-order chi connectivity index (χ0) is 11.2. The Morgan fingerprint density at radius 2 is 2.12 bits per heavy atom. The number of hydrogen-bond acceptors (Lipinski definition) is 2. The molecule has 0 aliphatic heterocycles. The summed E-state index contributed by atoms with van der Waals surface area (Å²) in [6, 6.07) is 9.88. The van der Waals surface area contributed by atoms with Gasteiger partial charge in [0.05, 0.1) is 5.52 Å². The van der Waals surface area contributed by atoms with Crippen molar-refractivity contribution in [2.45, 2.75) is 12.8 Å². The third-order valence-corrected chi connectivity index (χ3v) is 2.33. The van der Waals surface area contributed by atoms with E-state index in [0.717, 1.165) is 29.3 Å². The van der Waals surface area contributed by atoms with Crippen molar-refractivity contribution in [3.05, 3.63) is 42.1 Å². The number of hydrogen-bond donors (Lipinski definition) is 1. The number of unbranched alkanes of at least 4 members (excludes halogenated alkanes) is 1. The zero-order valence-electron chi connectivity index (χ0n) is 8.98. The molecule has 0 aliphatic rings. The summed E-state index contributed by atoms with van der Waals surface area (Å²) in [6.45, 7) is 0.200. The van der Waals surface area contributed by atoms with Crippen LogP contribution in [0.25, 0.3) is 10.9 Å². The Balaban J connectivity index is 2.32. The van der Waals surface area contributed by atoms with Crippen molar-refractivity contribution in [2.24, 2.45) is 0 Å². The van der Waals surface area contributed by atoms with Gasteiger partial charge in [0.25, 0.3) is 0 Å². The minimum absolute atomic E-state index is 0.200. The Labute approximate surface area is 95.0 Å². The molecular weight excluding hydrogens is 198 g/mol. The largest absolute Gasteiger partial charge is 0.396 e. The van der Waals surface area contributed by atoms with Gasteiger partial charge in [-0.2, -0.15) is 0 Å². The Morgan fingerprint density at radius 1 is 1.19 bits per heavy atom. The predicted octanol–water partition coefficient (Wildman–Crippen LogP) is 2.36. The summed E-state index contributed by atoms with van der Waals surface area (Å²) in [6.07, 6.45) is 3.24. The van der Waals surface area contributed by atoms with Gasteiger partial charge in [0, 0.05) is 30.2 Å². The van der Waals surface area contributed by atoms with E-state index < -0.39 is 0 Å². The van der Waals surface area contributed by atoms with Gasteiger partial charge >= 0.3 is 0 Å². The molecule has 1 N–H and O–H groups in total. The Bertz CT molecular complexity index is 532. The minimum atomic E-state index is 0.200. The molecule has 0 fully saturated rings. The van der Waals surface area contributed by atoms with Crippen LogP contribution in [0.4, 0.5) is 0 Å². The third-order valence-electron chi connectivity index (χ3n) is 2.33. The first kappa shape index (κ1) is 10.7. The fourth-order valence-corrected chi connectivity index (χ4v) is 1.54. The van der Waals surface area contributed by atoms with Crippen molar-refractivity contribution in [1.29, 1.82) is 0 Å². The first-order valence-corrected chi connectivity index (χ1v) is 5.35. The van der Waals surface area contributed by atoms with Gasteiger partial charge in [0.2, 0.25) is 0 Å². The van der Waals surface area contributed by atoms with E-state index in [4.69, 9.17) is 5.11 Å². The van der Waals surface area contributed by atoms with Gasteiger partial charge in [-0.25, -0.2) is 0 Å². The molecule has 1 heterocycles. The fourth-order valence-electron chi connectivity index (χ4n) is 1.54. The van der Waals surface area contributed by atoms with Crippen molar-refractivity contribution in [2.75, 3.05) is 6.61 Å². The average molecular weight is 211 g/mol. The molecule has 0 aliphatic carbocycles. The molecule has 2 rings (SSSR count). The SMILES string of the molecule is OCCCC#Cc1cccc2ncccc12. The maximum atomic E-state index is 8.66. The van der Waals surface area contributed by atoms with Crippen LogP contribution in [-0.4, -0.2) is 16.7 Å². The van der Waals surface area contributed by atoms with Crippen molar-refractivity contribution in [1.82, 2.24) is 4.98 Å². The second-order valence-electron chi connectivity index (χ2n) is 3.50. The monoisotopic (exact) mass is 211 g/mol. The highest BCUT2D eigenvalue weighted by Gasteiger charge is 1.96. The smallest absolute Gasteiger partial charge is 0.0714 e.